The van der Waals surface area contributed by atoms with Gasteiger partial charge in [0, 0.05) is 11.8 Å². The van der Waals surface area contributed by atoms with Gasteiger partial charge in [-0.05, 0) is 31.9 Å². The highest BCUT2D eigenvalue weighted by molar-refractivity contribution is 8.00. The number of nitrogens with zero attached hydrogens (tertiary/aromatic N) is 2. The number of hydrogen-bond acceptors (Lipinski definition) is 5. The summed E-state index contributed by atoms with van der Waals surface area (Å²) >= 11 is 1.20. The first kappa shape index (κ1) is 19.7. The lowest BCUT2D eigenvalue weighted by Gasteiger charge is -2.06. The van der Waals surface area contributed by atoms with Crippen molar-refractivity contribution in [1.29, 1.82) is 5.26 Å². The first-order valence-electron chi connectivity index (χ1n) is 8.91. The summed E-state index contributed by atoms with van der Waals surface area (Å²) in [4.78, 5) is 25.7. The van der Waals surface area contributed by atoms with Crippen molar-refractivity contribution in [2.75, 3.05) is 12.4 Å². The largest absolute Gasteiger partial charge is 0.462 e. The summed E-state index contributed by atoms with van der Waals surface area (Å²) in [7, 11) is 0. The van der Waals surface area contributed by atoms with Crippen molar-refractivity contribution in [1.82, 2.24) is 4.40 Å². The summed E-state index contributed by atoms with van der Waals surface area (Å²) in [5.41, 5.74) is 3.79. The van der Waals surface area contributed by atoms with Gasteiger partial charge >= 0.3 is 5.97 Å². The normalized spacial score (nSPS) is 10.6. The van der Waals surface area contributed by atoms with Crippen LogP contribution in [0.5, 0.6) is 0 Å². The van der Waals surface area contributed by atoms with Crippen molar-refractivity contribution in [3.05, 3.63) is 70.5 Å². The molecule has 5 nitrogen and oxygen atoms in total. The molecular weight excluding hydrogens is 372 g/mol. The zero-order valence-corrected chi connectivity index (χ0v) is 16.8. The first-order valence-corrected chi connectivity index (χ1v) is 9.90. The lowest BCUT2D eigenvalue weighted by molar-refractivity contribution is 0.0524. The number of carbonyl (C=O) groups is 2. The Morgan fingerprint density at radius 1 is 1.21 bits per heavy atom. The molecular formula is C22H20N2O3S. The minimum absolute atomic E-state index is 0.0625. The molecule has 0 amide bonds. The van der Waals surface area contributed by atoms with Gasteiger partial charge in [-0.2, -0.15) is 5.26 Å². The van der Waals surface area contributed by atoms with E-state index in [9.17, 15) is 14.9 Å². The van der Waals surface area contributed by atoms with E-state index < -0.39 is 5.97 Å². The number of nitriles is 1. The molecule has 0 radical (unpaired) electrons. The zero-order chi connectivity index (χ0) is 20.3. The lowest BCUT2D eigenvalue weighted by atomic mass is 10.1. The first-order chi connectivity index (χ1) is 13.5. The fourth-order valence-electron chi connectivity index (χ4n) is 3.22. The molecule has 142 valence electrons. The third-order valence-corrected chi connectivity index (χ3v) is 5.43. The number of pyridine rings is 1. The Morgan fingerprint density at radius 2 is 1.93 bits per heavy atom. The van der Waals surface area contributed by atoms with E-state index in [4.69, 9.17) is 4.74 Å². The third kappa shape index (κ3) is 3.67. The van der Waals surface area contributed by atoms with Crippen LogP contribution >= 0.6 is 11.8 Å². The number of aryl methyl sites for hydroxylation is 2. The van der Waals surface area contributed by atoms with E-state index >= 15 is 0 Å². The van der Waals surface area contributed by atoms with Gasteiger partial charge in [-0.3, -0.25) is 4.79 Å². The van der Waals surface area contributed by atoms with Crippen LogP contribution in [0, 0.1) is 25.2 Å². The number of hydrogen-bond donors (Lipinski definition) is 0. The standard InChI is InChI=1S/C22H20N2O3S/c1-4-27-22(26)19-20-15(3)10-14(2)12-24(20)17(11-23)21(19)28-13-18(25)16-8-6-5-7-9-16/h5-10,12H,4,13H2,1-3H3. The van der Waals surface area contributed by atoms with E-state index in [1.54, 1.807) is 35.6 Å². The molecule has 2 aromatic heterocycles. The smallest absolute Gasteiger partial charge is 0.341 e. The summed E-state index contributed by atoms with van der Waals surface area (Å²) in [6.45, 7) is 5.80. The average Bonchev–Trinajstić information content (AvgIpc) is 3.00. The zero-order valence-electron chi connectivity index (χ0n) is 16.0. The molecule has 1 aromatic carbocycles. The van der Waals surface area contributed by atoms with Gasteiger partial charge in [0.15, 0.2) is 5.78 Å². The molecule has 3 aromatic rings. The second-order valence-corrected chi connectivity index (χ2v) is 7.37. The van der Waals surface area contributed by atoms with E-state index in [1.807, 2.05) is 32.2 Å². The van der Waals surface area contributed by atoms with Crippen LogP contribution in [0.4, 0.5) is 0 Å². The van der Waals surface area contributed by atoms with E-state index in [1.165, 1.54) is 11.8 Å². The molecule has 0 N–H and O–H groups in total. The maximum atomic E-state index is 12.7. The Hall–Kier alpha value is -3.04. The molecule has 0 aliphatic carbocycles. The molecule has 0 saturated heterocycles. The Balaban J connectivity index is 2.11. The van der Waals surface area contributed by atoms with E-state index in [0.717, 1.165) is 11.1 Å². The minimum atomic E-state index is -0.483. The van der Waals surface area contributed by atoms with Crippen molar-refractivity contribution in [3.63, 3.8) is 0 Å². The number of benzene rings is 1. The topological polar surface area (TPSA) is 71.6 Å². The molecule has 0 bridgehead atoms. The van der Waals surface area contributed by atoms with Crippen LogP contribution in [0.25, 0.3) is 5.52 Å². The maximum Gasteiger partial charge on any atom is 0.341 e. The molecule has 6 heteroatoms. The van der Waals surface area contributed by atoms with Gasteiger partial charge in [0.05, 0.1) is 22.8 Å². The average molecular weight is 392 g/mol. The van der Waals surface area contributed by atoms with Crippen molar-refractivity contribution >= 4 is 29.0 Å². The molecule has 3 rings (SSSR count). The number of fused-ring (bicyclic) bond motifs is 1. The van der Waals surface area contributed by atoms with Crippen LogP contribution in [-0.4, -0.2) is 28.5 Å². The highest BCUT2D eigenvalue weighted by atomic mass is 32.2. The second kappa shape index (κ2) is 8.32. The van der Waals surface area contributed by atoms with Gasteiger partial charge in [0.2, 0.25) is 0 Å². The molecule has 0 spiro atoms. The van der Waals surface area contributed by atoms with Gasteiger partial charge in [-0.15, -0.1) is 11.8 Å². The number of thioether (sulfide) groups is 1. The summed E-state index contributed by atoms with van der Waals surface area (Å²) in [6, 6.07) is 13.1. The predicted octanol–water partition coefficient (Wildman–Crippen LogP) is 4.58. The van der Waals surface area contributed by atoms with Gasteiger partial charge < -0.3 is 9.14 Å². The number of rotatable bonds is 6. The van der Waals surface area contributed by atoms with Crippen LogP contribution in [0.15, 0.2) is 47.5 Å². The van der Waals surface area contributed by atoms with Crippen molar-refractivity contribution in [2.45, 2.75) is 25.7 Å². The van der Waals surface area contributed by atoms with Crippen LogP contribution < -0.4 is 0 Å². The molecule has 0 fully saturated rings. The maximum absolute atomic E-state index is 12.7. The Bertz CT molecular complexity index is 1090. The highest BCUT2D eigenvalue weighted by Gasteiger charge is 2.27. The van der Waals surface area contributed by atoms with Gasteiger partial charge in [-0.25, -0.2) is 4.79 Å². The molecule has 0 saturated carbocycles. The van der Waals surface area contributed by atoms with E-state index in [2.05, 4.69) is 6.07 Å². The Labute approximate surface area is 167 Å². The molecule has 0 aliphatic rings. The number of carbonyl (C=O) groups excluding carboxylic acids is 2. The van der Waals surface area contributed by atoms with Crippen LogP contribution in [0.2, 0.25) is 0 Å². The van der Waals surface area contributed by atoms with Gasteiger partial charge in [0.1, 0.15) is 17.3 Å². The van der Waals surface area contributed by atoms with E-state index in [-0.39, 0.29) is 18.1 Å². The number of aromatic nitrogens is 1. The fourth-order valence-corrected chi connectivity index (χ4v) is 4.26. The number of ether oxygens (including phenoxy) is 1. The molecule has 28 heavy (non-hydrogen) atoms. The Morgan fingerprint density at radius 3 is 2.57 bits per heavy atom. The fraction of sp³-hybridized carbons (Fsp3) is 0.227. The Kier molecular flexibility index (Phi) is 5.86. The third-order valence-electron chi connectivity index (χ3n) is 4.34. The molecule has 0 aliphatic heterocycles. The highest BCUT2D eigenvalue weighted by Crippen LogP contribution is 2.35. The predicted molar refractivity (Wildman–Crippen MR) is 109 cm³/mol. The molecule has 0 atom stereocenters. The van der Waals surface area contributed by atoms with Crippen LogP contribution in [-0.2, 0) is 4.74 Å². The lowest BCUT2D eigenvalue weighted by Crippen LogP contribution is -2.07. The van der Waals surface area contributed by atoms with Crippen molar-refractivity contribution in [2.24, 2.45) is 0 Å². The number of esters is 1. The summed E-state index contributed by atoms with van der Waals surface area (Å²) in [6.07, 6.45) is 1.83. The quantitative estimate of drug-likeness (QED) is 0.349. The van der Waals surface area contributed by atoms with Crippen molar-refractivity contribution in [3.8, 4) is 6.07 Å². The van der Waals surface area contributed by atoms with E-state index in [0.29, 0.717) is 27.2 Å². The summed E-state index contributed by atoms with van der Waals surface area (Å²) in [5.74, 6) is -0.421. The monoisotopic (exact) mass is 392 g/mol. The molecule has 0 unspecified atom stereocenters. The molecule has 2 heterocycles. The second-order valence-electron chi connectivity index (χ2n) is 6.38. The summed E-state index contributed by atoms with van der Waals surface area (Å²) < 4.78 is 6.98. The van der Waals surface area contributed by atoms with Gasteiger partial charge in [0.25, 0.3) is 0 Å². The van der Waals surface area contributed by atoms with Gasteiger partial charge in [-0.1, -0.05) is 36.4 Å². The minimum Gasteiger partial charge on any atom is -0.462 e. The number of ketones is 1. The van der Waals surface area contributed by atoms with Crippen LogP contribution in [0.1, 0.15) is 44.5 Å². The van der Waals surface area contributed by atoms with Crippen LogP contribution in [0.3, 0.4) is 0 Å². The summed E-state index contributed by atoms with van der Waals surface area (Å²) in [5, 5.41) is 9.78. The SMILES string of the molecule is CCOC(=O)c1c(SCC(=O)c2ccccc2)c(C#N)n2cc(C)cc(C)c12. The van der Waals surface area contributed by atoms with Crippen molar-refractivity contribution < 1.29 is 14.3 Å². The number of Topliss-reactive ketones (excluding diaryl/α,β-unsaturated/α-hetero) is 1.